The Hall–Kier alpha value is -0.389. The molecule has 1 aromatic carbocycles. The lowest BCUT2D eigenvalue weighted by Crippen LogP contribution is -2.98. The van der Waals surface area contributed by atoms with Crippen molar-refractivity contribution < 1.29 is 0 Å². The van der Waals surface area contributed by atoms with Crippen molar-refractivity contribution in [3.63, 3.8) is 0 Å². The molecule has 3 heteroatoms. The minimum absolute atomic E-state index is 0.218. The number of hydrogen-bond acceptors (Lipinski definition) is 0. The van der Waals surface area contributed by atoms with E-state index in [9.17, 15) is 0 Å². The number of allylic oxidation sites excluding steroid dienone is 1. The van der Waals surface area contributed by atoms with E-state index in [-0.39, 0.29) is 5.41 Å². The highest BCUT2D eigenvalue weighted by Gasteiger charge is 2.87. The van der Waals surface area contributed by atoms with E-state index >= 15 is 0 Å². The molecule has 7 rings (SSSR count). The molecule has 0 radical (unpaired) electrons. The second kappa shape index (κ2) is 6.72. The Morgan fingerprint density at radius 1 is 0.882 bits per heavy atom. The summed E-state index contributed by atoms with van der Waals surface area (Å²) < 4.78 is 0.732. The maximum absolute atomic E-state index is 2.92. The maximum Gasteiger partial charge on any atom is 0.0434 e. The van der Waals surface area contributed by atoms with E-state index in [0.29, 0.717) is 5.41 Å². The van der Waals surface area contributed by atoms with E-state index in [4.69, 9.17) is 0 Å². The van der Waals surface area contributed by atoms with Gasteiger partial charge in [0.25, 0.3) is 0 Å². The van der Waals surface area contributed by atoms with E-state index in [2.05, 4.69) is 85.2 Å². The van der Waals surface area contributed by atoms with E-state index in [1.807, 2.05) is 5.56 Å². The summed E-state index contributed by atoms with van der Waals surface area (Å²) in [7, 11) is -3.87. The normalized spacial score (nSPS) is 37.5. The molecular formula is C31H50Si3. The van der Waals surface area contributed by atoms with Crippen LogP contribution in [0.25, 0.3) is 6.08 Å². The van der Waals surface area contributed by atoms with Gasteiger partial charge in [-0.05, 0) is 100 Å². The third-order valence-electron chi connectivity index (χ3n) is 13.5. The fourth-order valence-electron chi connectivity index (χ4n) is 11.8. The van der Waals surface area contributed by atoms with Crippen LogP contribution in [0.1, 0.15) is 88.5 Å². The van der Waals surface area contributed by atoms with Gasteiger partial charge in [0.1, 0.15) is 0 Å². The Balaban J connectivity index is 1.67. The van der Waals surface area contributed by atoms with Crippen LogP contribution in [-0.2, 0) is 17.3 Å². The number of rotatable bonds is 2. The second-order valence-corrected chi connectivity index (χ2v) is 44.3. The fourth-order valence-corrected chi connectivity index (χ4v) is 66.0. The van der Waals surface area contributed by atoms with Crippen LogP contribution in [0.5, 0.6) is 0 Å². The molecule has 0 nitrogen and oxygen atoms in total. The lowest BCUT2D eigenvalue weighted by Gasteiger charge is -2.87. The smallest absolute Gasteiger partial charge is 0.0434 e. The zero-order valence-electron chi connectivity index (χ0n) is 23.9. The van der Waals surface area contributed by atoms with Gasteiger partial charge in [0.15, 0.2) is 0 Å². The van der Waals surface area contributed by atoms with Crippen molar-refractivity contribution >= 4 is 28.4 Å². The van der Waals surface area contributed by atoms with Gasteiger partial charge in [-0.1, -0.05) is 90.8 Å². The fraction of sp³-hybridized carbons (Fsp3) is 0.742. The third kappa shape index (κ3) is 2.42. The van der Waals surface area contributed by atoms with Crippen LogP contribution in [0.2, 0.25) is 43.9 Å². The van der Waals surface area contributed by atoms with Gasteiger partial charge in [0.2, 0.25) is 0 Å². The molecule has 1 saturated heterocycles. The highest BCUT2D eigenvalue weighted by Crippen LogP contribution is 2.84. The van der Waals surface area contributed by atoms with Crippen LogP contribution >= 0.6 is 0 Å². The highest BCUT2D eigenvalue weighted by molar-refractivity contribution is 7.79. The average molecular weight is 507 g/mol. The van der Waals surface area contributed by atoms with Crippen molar-refractivity contribution in [2.24, 2.45) is 17.8 Å². The molecule has 4 bridgehead atoms. The van der Waals surface area contributed by atoms with Crippen LogP contribution in [-0.4, -0.2) is 22.3 Å². The van der Waals surface area contributed by atoms with Crippen molar-refractivity contribution in [2.45, 2.75) is 127 Å². The first-order chi connectivity index (χ1) is 15.6. The van der Waals surface area contributed by atoms with Crippen molar-refractivity contribution in [1.82, 2.24) is 0 Å². The second-order valence-electron chi connectivity index (χ2n) is 16.0. The zero-order valence-corrected chi connectivity index (χ0v) is 26.9. The lowest BCUT2D eigenvalue weighted by atomic mass is 9.46. The van der Waals surface area contributed by atoms with E-state index in [0.717, 1.165) is 22.4 Å². The number of benzene rings is 1. The summed E-state index contributed by atoms with van der Waals surface area (Å²) in [6.45, 7) is 27.1. The zero-order chi connectivity index (χ0) is 24.7. The van der Waals surface area contributed by atoms with Gasteiger partial charge < -0.3 is 0 Å². The monoisotopic (exact) mass is 506 g/mol. The molecule has 1 aliphatic heterocycles. The van der Waals surface area contributed by atoms with Crippen molar-refractivity contribution in [3.8, 4) is 0 Å². The predicted molar refractivity (Wildman–Crippen MR) is 157 cm³/mol. The first-order valence-electron chi connectivity index (χ1n) is 14.5. The Bertz CT molecular complexity index is 1060. The van der Waals surface area contributed by atoms with Crippen molar-refractivity contribution in [3.05, 3.63) is 40.0 Å². The summed E-state index contributed by atoms with van der Waals surface area (Å²) >= 11 is 0. The maximum atomic E-state index is 2.92. The van der Waals surface area contributed by atoms with Crippen LogP contribution < -0.4 is 0 Å². The molecule has 186 valence electrons. The van der Waals surface area contributed by atoms with Gasteiger partial charge in [0, 0.05) is 22.3 Å². The first kappa shape index (κ1) is 24.0. The van der Waals surface area contributed by atoms with Crippen LogP contribution in [0, 0.1) is 17.8 Å². The molecule has 5 aliphatic carbocycles. The van der Waals surface area contributed by atoms with E-state index < -0.39 is 22.3 Å². The molecule has 1 aromatic rings. The number of fused-ring (bicyclic) bond motifs is 1. The molecule has 4 saturated carbocycles. The highest BCUT2D eigenvalue weighted by atomic mass is 29.7. The molecule has 6 aliphatic rings. The summed E-state index contributed by atoms with van der Waals surface area (Å²) in [6, 6.07) is 5.42. The minimum Gasteiger partial charge on any atom is -0.0731 e. The van der Waals surface area contributed by atoms with Gasteiger partial charge in [-0.2, -0.15) is 0 Å². The molecule has 34 heavy (non-hydrogen) atoms. The molecule has 2 atom stereocenters. The average Bonchev–Trinajstić information content (AvgIpc) is 3.14. The molecule has 0 N–H and O–H groups in total. The molecular weight excluding hydrogens is 457 g/mol. The summed E-state index contributed by atoms with van der Waals surface area (Å²) in [5.74, 6) is 3.07. The van der Waals surface area contributed by atoms with Gasteiger partial charge in [0.05, 0.1) is 0 Å². The first-order valence-corrected chi connectivity index (χ1v) is 25.5. The van der Waals surface area contributed by atoms with Gasteiger partial charge >= 0.3 is 0 Å². The minimum atomic E-state index is -1.36. The molecule has 1 heterocycles. The van der Waals surface area contributed by atoms with Crippen LogP contribution in [0.4, 0.5) is 0 Å². The summed E-state index contributed by atoms with van der Waals surface area (Å²) in [5, 5.41) is 0. The van der Waals surface area contributed by atoms with Crippen LogP contribution in [0.15, 0.2) is 17.7 Å². The van der Waals surface area contributed by atoms with E-state index in [1.54, 1.807) is 54.4 Å². The van der Waals surface area contributed by atoms with Gasteiger partial charge in [-0.15, -0.1) is 0 Å². The molecule has 1 spiro atoms. The van der Waals surface area contributed by atoms with Crippen molar-refractivity contribution in [1.29, 1.82) is 0 Å². The summed E-state index contributed by atoms with van der Waals surface area (Å²) in [5.41, 5.74) is 9.30. The SMILES string of the molecule is CCC1=Cc2cc(C(C)(C)C)cc(C34CC5CC(CC(C5)C35[Si](C)(C)[Si](C)(C)[Si]5(C)C)C4)c2C1. The third-order valence-corrected chi connectivity index (χ3v) is 63.1. The molecule has 5 fully saturated rings. The summed E-state index contributed by atoms with van der Waals surface area (Å²) in [6.07, 6.45) is 12.9. The largest absolute Gasteiger partial charge is 0.0731 e. The summed E-state index contributed by atoms with van der Waals surface area (Å²) in [4.78, 5) is 0. The Morgan fingerprint density at radius 2 is 1.47 bits per heavy atom. The molecule has 2 unspecified atom stereocenters. The topological polar surface area (TPSA) is 0 Å². The Kier molecular flexibility index (Phi) is 4.74. The number of hydrogen-bond donors (Lipinski definition) is 0. The van der Waals surface area contributed by atoms with Gasteiger partial charge in [-0.25, -0.2) is 0 Å². The lowest BCUT2D eigenvalue weighted by molar-refractivity contribution is -0.0281. The van der Waals surface area contributed by atoms with E-state index in [1.165, 1.54) is 12.8 Å². The predicted octanol–water partition coefficient (Wildman–Crippen LogP) is 8.99. The quantitative estimate of drug-likeness (QED) is 0.351. The van der Waals surface area contributed by atoms with Crippen molar-refractivity contribution in [2.75, 3.05) is 0 Å². The Labute approximate surface area is 213 Å². The Morgan fingerprint density at radius 3 is 2.00 bits per heavy atom. The van der Waals surface area contributed by atoms with Crippen LogP contribution in [0.3, 0.4) is 0 Å². The molecule has 0 aromatic heterocycles. The standard InChI is InChI=1S/C31H50Si3/c1-11-21-13-24-17-25(29(2,3)4)18-28(27(24)16-21)30-19-22-12-23(20-30)15-26(14-22)31(30)32(5,6)34(9,10)33(31,7)8/h13,17-18,22-23,26H,11-12,14-16,19-20H2,1-10H3. The molecule has 0 amide bonds. The van der Waals surface area contributed by atoms with Gasteiger partial charge in [-0.3, -0.25) is 0 Å².